The molecule has 0 bridgehead atoms. The van der Waals surface area contributed by atoms with Gasteiger partial charge in [-0.2, -0.15) is 9.90 Å². The number of nitrogens with zero attached hydrogens (tertiary/aromatic N) is 6. The predicted molar refractivity (Wildman–Crippen MR) is 112 cm³/mol. The van der Waals surface area contributed by atoms with Crippen LogP contribution in [-0.2, 0) is 4.79 Å². The minimum Gasteiger partial charge on any atom is -0.477 e. The van der Waals surface area contributed by atoms with Gasteiger partial charge in [0.25, 0.3) is 11.8 Å². The molecular formula is C21H20N6O5. The number of hydrogen-bond donors (Lipinski definition) is 0. The Morgan fingerprint density at radius 2 is 1.72 bits per heavy atom. The topological polar surface area (TPSA) is 124 Å². The van der Waals surface area contributed by atoms with Crippen LogP contribution in [0.3, 0.4) is 0 Å². The predicted octanol–water partition coefficient (Wildman–Crippen LogP) is 2.15. The average molecular weight is 436 g/mol. The van der Waals surface area contributed by atoms with Crippen LogP contribution in [0.15, 0.2) is 54.6 Å². The molecule has 0 atom stereocenters. The van der Waals surface area contributed by atoms with Gasteiger partial charge in [-0.05, 0) is 31.5 Å². The van der Waals surface area contributed by atoms with Gasteiger partial charge in [-0.15, -0.1) is 5.10 Å². The summed E-state index contributed by atoms with van der Waals surface area (Å²) < 4.78 is 5.39. The summed E-state index contributed by atoms with van der Waals surface area (Å²) in [5.74, 6) is -0.937. The maximum Gasteiger partial charge on any atom is 0.310 e. The Hall–Kier alpha value is -4.28. The van der Waals surface area contributed by atoms with E-state index in [4.69, 9.17) is 4.74 Å². The van der Waals surface area contributed by atoms with E-state index in [-0.39, 0.29) is 17.1 Å². The zero-order chi connectivity index (χ0) is 22.7. The van der Waals surface area contributed by atoms with E-state index in [1.165, 1.54) is 33.0 Å². The van der Waals surface area contributed by atoms with Gasteiger partial charge in [0.05, 0.1) is 16.3 Å². The highest BCUT2D eigenvalue weighted by molar-refractivity contribution is 5.95. The molecule has 1 fully saturated rings. The molecule has 2 aromatic carbocycles. The van der Waals surface area contributed by atoms with E-state index in [0.29, 0.717) is 30.9 Å². The summed E-state index contributed by atoms with van der Waals surface area (Å²) in [6.45, 7) is 1.91. The number of rotatable bonds is 6. The number of hydrogen-bond acceptors (Lipinski definition) is 7. The number of nitro groups is 1. The Labute approximate surface area is 182 Å². The summed E-state index contributed by atoms with van der Waals surface area (Å²) >= 11 is 0. The Balaban J connectivity index is 1.48. The molecule has 0 aliphatic carbocycles. The van der Waals surface area contributed by atoms with Crippen LogP contribution in [0.2, 0.25) is 0 Å². The lowest BCUT2D eigenvalue weighted by atomic mass is 10.3. The lowest BCUT2D eigenvalue weighted by Crippen LogP contribution is -2.47. The van der Waals surface area contributed by atoms with Gasteiger partial charge < -0.3 is 4.74 Å². The van der Waals surface area contributed by atoms with Crippen LogP contribution in [0, 0.1) is 17.0 Å². The first-order valence-corrected chi connectivity index (χ1v) is 9.93. The van der Waals surface area contributed by atoms with Crippen LogP contribution >= 0.6 is 0 Å². The van der Waals surface area contributed by atoms with Crippen LogP contribution in [0.4, 0.5) is 5.69 Å². The van der Waals surface area contributed by atoms with Gasteiger partial charge in [0.1, 0.15) is 0 Å². The van der Waals surface area contributed by atoms with Crippen molar-refractivity contribution in [1.29, 1.82) is 0 Å². The van der Waals surface area contributed by atoms with Crippen molar-refractivity contribution in [3.8, 4) is 11.4 Å². The summed E-state index contributed by atoms with van der Waals surface area (Å²) in [6, 6.07) is 15.0. The molecule has 0 saturated carbocycles. The van der Waals surface area contributed by atoms with Crippen LogP contribution in [0.25, 0.3) is 5.69 Å². The van der Waals surface area contributed by atoms with Crippen LogP contribution in [-0.4, -0.2) is 61.4 Å². The van der Waals surface area contributed by atoms with Crippen LogP contribution in [0.1, 0.15) is 22.6 Å². The number of aryl methyl sites for hydroxylation is 1. The standard InChI is InChI=1S/C21H20N6O5/c1-15-20(23-26(22-15)16-8-3-2-4-9-16)21(29)25-13-7-12-24(25)19(28)14-32-18-11-6-5-10-17(18)27(30)31/h2-6,8-11H,7,12-14H2,1H3. The number of ether oxygens (including phenoxy) is 1. The maximum atomic E-state index is 13.1. The molecule has 11 heteroatoms. The number of para-hydroxylation sites is 3. The quantitative estimate of drug-likeness (QED) is 0.428. The Kier molecular flexibility index (Phi) is 5.79. The molecule has 164 valence electrons. The van der Waals surface area contributed by atoms with E-state index in [9.17, 15) is 19.7 Å². The van der Waals surface area contributed by atoms with E-state index < -0.39 is 23.3 Å². The fourth-order valence-electron chi connectivity index (χ4n) is 3.40. The van der Waals surface area contributed by atoms with Gasteiger partial charge in [0, 0.05) is 19.2 Å². The zero-order valence-corrected chi connectivity index (χ0v) is 17.2. The number of benzene rings is 2. The second-order valence-electron chi connectivity index (χ2n) is 7.07. The first-order valence-electron chi connectivity index (χ1n) is 9.93. The zero-order valence-electron chi connectivity index (χ0n) is 17.2. The number of amides is 2. The normalized spacial score (nSPS) is 13.3. The van der Waals surface area contributed by atoms with E-state index in [2.05, 4.69) is 10.2 Å². The number of carbonyl (C=O) groups excluding carboxylic acids is 2. The SMILES string of the molecule is Cc1nn(-c2ccccc2)nc1C(=O)N1CCCN1C(=O)COc1ccccc1[N+](=O)[O-]. The molecule has 11 nitrogen and oxygen atoms in total. The first kappa shape index (κ1) is 21.0. The number of hydrazine groups is 1. The van der Waals surface area contributed by atoms with Gasteiger partial charge in [-0.1, -0.05) is 30.3 Å². The molecule has 3 aromatic rings. The monoisotopic (exact) mass is 436 g/mol. The maximum absolute atomic E-state index is 13.1. The summed E-state index contributed by atoms with van der Waals surface area (Å²) in [5, 5.41) is 22.4. The molecule has 32 heavy (non-hydrogen) atoms. The third kappa shape index (κ3) is 4.13. The van der Waals surface area contributed by atoms with Crippen molar-refractivity contribution in [1.82, 2.24) is 25.0 Å². The van der Waals surface area contributed by atoms with Crippen molar-refractivity contribution >= 4 is 17.5 Å². The summed E-state index contributed by atoms with van der Waals surface area (Å²) in [6.07, 6.45) is 0.592. The highest BCUT2D eigenvalue weighted by atomic mass is 16.6. The molecule has 2 amide bonds. The third-order valence-corrected chi connectivity index (χ3v) is 4.94. The molecule has 1 aromatic heterocycles. The van der Waals surface area contributed by atoms with Crippen LogP contribution in [0.5, 0.6) is 5.75 Å². The molecule has 0 radical (unpaired) electrons. The Bertz CT molecular complexity index is 1160. The van der Waals surface area contributed by atoms with E-state index in [1.54, 1.807) is 13.0 Å². The third-order valence-electron chi connectivity index (χ3n) is 4.94. The average Bonchev–Trinajstić information content (AvgIpc) is 3.45. The molecular weight excluding hydrogens is 416 g/mol. The number of carbonyl (C=O) groups is 2. The van der Waals surface area contributed by atoms with Crippen molar-refractivity contribution in [2.75, 3.05) is 19.7 Å². The van der Waals surface area contributed by atoms with Crippen molar-refractivity contribution in [3.05, 3.63) is 76.1 Å². The highest BCUT2D eigenvalue weighted by Crippen LogP contribution is 2.26. The Morgan fingerprint density at radius 3 is 2.47 bits per heavy atom. The smallest absolute Gasteiger partial charge is 0.310 e. The fraction of sp³-hybridized carbons (Fsp3) is 0.238. The summed E-state index contributed by atoms with van der Waals surface area (Å²) in [7, 11) is 0. The number of aromatic nitrogens is 3. The minimum absolute atomic E-state index is 0.00966. The molecule has 1 aliphatic rings. The van der Waals surface area contributed by atoms with E-state index >= 15 is 0 Å². The fourth-order valence-corrected chi connectivity index (χ4v) is 3.40. The van der Waals surface area contributed by atoms with Crippen molar-refractivity contribution in [2.24, 2.45) is 0 Å². The lowest BCUT2D eigenvalue weighted by Gasteiger charge is -2.27. The highest BCUT2D eigenvalue weighted by Gasteiger charge is 2.34. The lowest BCUT2D eigenvalue weighted by molar-refractivity contribution is -0.385. The van der Waals surface area contributed by atoms with Gasteiger partial charge in [-0.3, -0.25) is 19.7 Å². The second kappa shape index (κ2) is 8.84. The molecule has 0 unspecified atom stereocenters. The van der Waals surface area contributed by atoms with E-state index in [0.717, 1.165) is 0 Å². The van der Waals surface area contributed by atoms with Gasteiger partial charge in [0.15, 0.2) is 18.1 Å². The van der Waals surface area contributed by atoms with Crippen molar-refractivity contribution in [3.63, 3.8) is 0 Å². The first-order chi connectivity index (χ1) is 15.5. The minimum atomic E-state index is -0.579. The molecule has 1 aliphatic heterocycles. The molecule has 2 heterocycles. The molecule has 1 saturated heterocycles. The summed E-state index contributed by atoms with van der Waals surface area (Å²) in [5.41, 5.74) is 1.06. The van der Waals surface area contributed by atoms with Gasteiger partial charge >= 0.3 is 5.69 Å². The van der Waals surface area contributed by atoms with E-state index in [1.807, 2.05) is 30.3 Å². The van der Waals surface area contributed by atoms with Gasteiger partial charge in [-0.25, -0.2) is 10.0 Å². The summed E-state index contributed by atoms with van der Waals surface area (Å²) in [4.78, 5) is 37.8. The molecule has 0 N–H and O–H groups in total. The van der Waals surface area contributed by atoms with Crippen molar-refractivity contribution < 1.29 is 19.2 Å². The number of nitro benzene ring substituents is 1. The van der Waals surface area contributed by atoms with Gasteiger partial charge in [0.2, 0.25) is 0 Å². The molecule has 4 rings (SSSR count). The van der Waals surface area contributed by atoms with Crippen LogP contribution < -0.4 is 4.74 Å². The molecule has 0 spiro atoms. The second-order valence-corrected chi connectivity index (χ2v) is 7.07. The largest absolute Gasteiger partial charge is 0.477 e. The van der Waals surface area contributed by atoms with Crippen molar-refractivity contribution in [2.45, 2.75) is 13.3 Å². The Morgan fingerprint density at radius 1 is 1.03 bits per heavy atom.